The molecular formula is C14H21NO3S. The first-order valence-electron chi connectivity index (χ1n) is 6.65. The van der Waals surface area contributed by atoms with Crippen molar-refractivity contribution in [3.8, 4) is 0 Å². The van der Waals surface area contributed by atoms with Crippen LogP contribution in [0.5, 0.6) is 0 Å². The Bertz CT molecular complexity index is 527. The van der Waals surface area contributed by atoms with Gasteiger partial charge in [-0.25, -0.2) is 8.42 Å². The van der Waals surface area contributed by atoms with E-state index in [0.29, 0.717) is 17.9 Å². The van der Waals surface area contributed by atoms with Crippen molar-refractivity contribution in [3.05, 3.63) is 29.8 Å². The van der Waals surface area contributed by atoms with Crippen molar-refractivity contribution in [1.29, 1.82) is 0 Å². The number of nitrogens with one attached hydrogen (secondary N) is 1. The van der Waals surface area contributed by atoms with Gasteiger partial charge in [0.25, 0.3) is 0 Å². The van der Waals surface area contributed by atoms with E-state index in [2.05, 4.69) is 12.2 Å². The predicted octanol–water partition coefficient (Wildman–Crippen LogP) is 1.92. The zero-order chi connectivity index (χ0) is 13.9. The number of sulfone groups is 1. The Balaban J connectivity index is 2.25. The van der Waals surface area contributed by atoms with E-state index in [1.165, 1.54) is 0 Å². The highest BCUT2D eigenvalue weighted by Crippen LogP contribution is 2.32. The number of hydrogen-bond acceptors (Lipinski definition) is 4. The van der Waals surface area contributed by atoms with Crippen LogP contribution < -0.4 is 5.32 Å². The van der Waals surface area contributed by atoms with Gasteiger partial charge in [0.1, 0.15) is 0 Å². The molecule has 1 aromatic rings. The molecular weight excluding hydrogens is 262 g/mol. The summed E-state index contributed by atoms with van der Waals surface area (Å²) in [5.74, 6) is 0.213. The molecule has 106 valence electrons. The van der Waals surface area contributed by atoms with E-state index in [1.54, 1.807) is 19.2 Å². The van der Waals surface area contributed by atoms with Gasteiger partial charge < -0.3 is 10.1 Å². The topological polar surface area (TPSA) is 55.4 Å². The lowest BCUT2D eigenvalue weighted by Gasteiger charge is -2.29. The fraction of sp³-hybridized carbons (Fsp3) is 0.571. The average Bonchev–Trinajstić information content (AvgIpc) is 2.41. The Morgan fingerprint density at radius 3 is 2.84 bits per heavy atom. The molecule has 0 spiro atoms. The second kappa shape index (κ2) is 6.03. The van der Waals surface area contributed by atoms with E-state index < -0.39 is 9.84 Å². The highest BCUT2D eigenvalue weighted by atomic mass is 32.2. The van der Waals surface area contributed by atoms with Crippen molar-refractivity contribution in [2.24, 2.45) is 0 Å². The lowest BCUT2D eigenvalue weighted by atomic mass is 10.0. The van der Waals surface area contributed by atoms with Gasteiger partial charge in [0.15, 0.2) is 9.84 Å². The van der Waals surface area contributed by atoms with Gasteiger partial charge in [0.05, 0.1) is 17.3 Å². The zero-order valence-corrected chi connectivity index (χ0v) is 12.2. The molecule has 2 rings (SSSR count). The molecule has 2 atom stereocenters. The molecule has 1 aliphatic rings. The molecule has 1 heterocycles. The SMILES string of the molecule is CCC(COC)NC1CCS(=O)(=O)c2ccccc21. The molecule has 0 saturated heterocycles. The van der Waals surface area contributed by atoms with Crippen LogP contribution in [0.3, 0.4) is 0 Å². The summed E-state index contributed by atoms with van der Waals surface area (Å²) < 4.78 is 29.3. The molecule has 0 aromatic heterocycles. The fourth-order valence-electron chi connectivity index (χ4n) is 2.53. The summed E-state index contributed by atoms with van der Waals surface area (Å²) in [6.45, 7) is 2.74. The fourth-order valence-corrected chi connectivity index (χ4v) is 4.15. The molecule has 0 amide bonds. The van der Waals surface area contributed by atoms with Gasteiger partial charge in [-0.3, -0.25) is 0 Å². The summed E-state index contributed by atoms with van der Waals surface area (Å²) >= 11 is 0. The first kappa shape index (κ1) is 14.5. The van der Waals surface area contributed by atoms with Gasteiger partial charge in [0, 0.05) is 19.2 Å². The van der Waals surface area contributed by atoms with Crippen LogP contribution in [0.15, 0.2) is 29.2 Å². The minimum absolute atomic E-state index is 0.0971. The van der Waals surface area contributed by atoms with E-state index in [9.17, 15) is 8.42 Å². The van der Waals surface area contributed by atoms with E-state index >= 15 is 0 Å². The summed E-state index contributed by atoms with van der Waals surface area (Å²) in [5.41, 5.74) is 0.892. The van der Waals surface area contributed by atoms with E-state index in [1.807, 2.05) is 12.1 Å². The van der Waals surface area contributed by atoms with Crippen LogP contribution in [0.4, 0.5) is 0 Å². The molecule has 1 N–H and O–H groups in total. The van der Waals surface area contributed by atoms with Crippen LogP contribution in [0.2, 0.25) is 0 Å². The van der Waals surface area contributed by atoms with Crippen molar-refractivity contribution in [2.45, 2.75) is 36.7 Å². The lowest BCUT2D eigenvalue weighted by Crippen LogP contribution is -2.38. The van der Waals surface area contributed by atoms with Crippen LogP contribution in [0, 0.1) is 0 Å². The number of fused-ring (bicyclic) bond motifs is 1. The molecule has 0 saturated carbocycles. The highest BCUT2D eigenvalue weighted by Gasteiger charge is 2.30. The van der Waals surface area contributed by atoms with Crippen LogP contribution >= 0.6 is 0 Å². The van der Waals surface area contributed by atoms with Crippen LogP contribution in [-0.2, 0) is 14.6 Å². The maximum absolute atomic E-state index is 12.0. The maximum atomic E-state index is 12.0. The second-order valence-electron chi connectivity index (χ2n) is 4.93. The molecule has 0 fully saturated rings. The molecule has 5 heteroatoms. The van der Waals surface area contributed by atoms with Crippen LogP contribution in [-0.4, -0.2) is 33.9 Å². The third-order valence-electron chi connectivity index (χ3n) is 3.60. The molecule has 0 radical (unpaired) electrons. The molecule has 1 aromatic carbocycles. The van der Waals surface area contributed by atoms with E-state index in [4.69, 9.17) is 4.74 Å². The predicted molar refractivity (Wildman–Crippen MR) is 74.9 cm³/mol. The van der Waals surface area contributed by atoms with E-state index in [0.717, 1.165) is 12.0 Å². The number of benzene rings is 1. The molecule has 4 nitrogen and oxygen atoms in total. The Kier molecular flexibility index (Phi) is 4.60. The van der Waals surface area contributed by atoms with Gasteiger partial charge in [-0.05, 0) is 24.5 Å². The highest BCUT2D eigenvalue weighted by molar-refractivity contribution is 7.91. The van der Waals surface area contributed by atoms with Crippen molar-refractivity contribution < 1.29 is 13.2 Å². The number of rotatable bonds is 5. The summed E-state index contributed by atoms with van der Waals surface area (Å²) in [6.07, 6.45) is 1.58. The summed E-state index contributed by atoms with van der Waals surface area (Å²) in [6, 6.07) is 7.64. The Morgan fingerprint density at radius 2 is 2.16 bits per heavy atom. The van der Waals surface area contributed by atoms with Gasteiger partial charge in [-0.15, -0.1) is 0 Å². The smallest absolute Gasteiger partial charge is 0.178 e. The van der Waals surface area contributed by atoms with Crippen molar-refractivity contribution in [2.75, 3.05) is 19.5 Å². The first-order chi connectivity index (χ1) is 9.08. The summed E-state index contributed by atoms with van der Waals surface area (Å²) in [7, 11) is -1.42. The average molecular weight is 283 g/mol. The normalized spacial score (nSPS) is 22.7. The molecule has 0 bridgehead atoms. The van der Waals surface area contributed by atoms with Crippen LogP contribution in [0.25, 0.3) is 0 Å². The van der Waals surface area contributed by atoms with Crippen molar-refractivity contribution in [3.63, 3.8) is 0 Å². The summed E-state index contributed by atoms with van der Waals surface area (Å²) in [5, 5.41) is 3.51. The number of hydrogen-bond donors (Lipinski definition) is 1. The van der Waals surface area contributed by atoms with Gasteiger partial charge >= 0.3 is 0 Å². The molecule has 0 aliphatic carbocycles. The lowest BCUT2D eigenvalue weighted by molar-refractivity contribution is 0.157. The van der Waals surface area contributed by atoms with Crippen molar-refractivity contribution in [1.82, 2.24) is 5.32 Å². The van der Waals surface area contributed by atoms with Crippen LogP contribution in [0.1, 0.15) is 31.4 Å². The molecule has 2 unspecified atom stereocenters. The number of methoxy groups -OCH3 is 1. The minimum Gasteiger partial charge on any atom is -0.383 e. The number of ether oxygens (including phenoxy) is 1. The third-order valence-corrected chi connectivity index (χ3v) is 5.42. The van der Waals surface area contributed by atoms with Gasteiger partial charge in [-0.2, -0.15) is 0 Å². The molecule has 1 aliphatic heterocycles. The monoisotopic (exact) mass is 283 g/mol. The van der Waals surface area contributed by atoms with E-state index in [-0.39, 0.29) is 17.8 Å². The molecule has 19 heavy (non-hydrogen) atoms. The Hall–Kier alpha value is -0.910. The zero-order valence-electron chi connectivity index (χ0n) is 11.4. The van der Waals surface area contributed by atoms with Crippen molar-refractivity contribution >= 4 is 9.84 Å². The second-order valence-corrected chi connectivity index (χ2v) is 7.00. The van der Waals surface area contributed by atoms with Gasteiger partial charge in [-0.1, -0.05) is 25.1 Å². The first-order valence-corrected chi connectivity index (χ1v) is 8.30. The largest absolute Gasteiger partial charge is 0.383 e. The Labute approximate surface area is 115 Å². The standard InChI is InChI=1S/C14H21NO3S/c1-3-11(10-18-2)15-13-8-9-19(16,17)14-7-5-4-6-12(13)14/h4-7,11,13,15H,3,8-10H2,1-2H3. The quantitative estimate of drug-likeness (QED) is 0.897. The third kappa shape index (κ3) is 3.16. The minimum atomic E-state index is -3.10. The van der Waals surface area contributed by atoms with Gasteiger partial charge in [0.2, 0.25) is 0 Å². The maximum Gasteiger partial charge on any atom is 0.178 e. The Morgan fingerprint density at radius 1 is 1.42 bits per heavy atom. The summed E-state index contributed by atoms with van der Waals surface area (Å²) in [4.78, 5) is 0.478.